The Balaban J connectivity index is 1.93. The highest BCUT2D eigenvalue weighted by Crippen LogP contribution is 2.24. The van der Waals surface area contributed by atoms with Gasteiger partial charge in [-0.05, 0) is 24.6 Å². The number of para-hydroxylation sites is 1. The first-order valence-electron chi connectivity index (χ1n) is 6.17. The van der Waals surface area contributed by atoms with Gasteiger partial charge in [0.1, 0.15) is 6.10 Å². The van der Waals surface area contributed by atoms with Gasteiger partial charge in [0.05, 0.1) is 16.2 Å². The number of fused-ring (bicyclic) bond motifs is 1. The largest absolute Gasteiger partial charge is 0.386 e. The van der Waals surface area contributed by atoms with Gasteiger partial charge >= 0.3 is 0 Å². The Morgan fingerprint density at radius 2 is 2.11 bits per heavy atom. The zero-order valence-electron chi connectivity index (χ0n) is 10.6. The Labute approximate surface area is 115 Å². The average Bonchev–Trinajstić information content (AvgIpc) is 2.86. The molecule has 4 heteroatoms. The Bertz CT molecular complexity index is 703. The van der Waals surface area contributed by atoms with Crippen LogP contribution in [0.25, 0.3) is 10.9 Å². The highest BCUT2D eigenvalue weighted by atomic mass is 32.1. The lowest BCUT2D eigenvalue weighted by Crippen LogP contribution is -2.03. The minimum Gasteiger partial charge on any atom is -0.386 e. The molecule has 96 valence electrons. The van der Waals surface area contributed by atoms with Crippen LogP contribution in [0.15, 0.2) is 41.9 Å². The number of aromatic nitrogens is 2. The lowest BCUT2D eigenvalue weighted by molar-refractivity contribution is 0.174. The number of aliphatic hydroxyl groups is 1. The van der Waals surface area contributed by atoms with Gasteiger partial charge in [0.2, 0.25) is 0 Å². The van der Waals surface area contributed by atoms with E-state index in [0.717, 1.165) is 27.2 Å². The van der Waals surface area contributed by atoms with Gasteiger partial charge in [0.25, 0.3) is 0 Å². The van der Waals surface area contributed by atoms with Crippen molar-refractivity contribution in [3.63, 3.8) is 0 Å². The number of hydrogen-bond acceptors (Lipinski definition) is 4. The van der Waals surface area contributed by atoms with Crippen LogP contribution in [0.3, 0.4) is 0 Å². The predicted octanol–water partition coefficient (Wildman–Crippen LogP) is 3.28. The van der Waals surface area contributed by atoms with Gasteiger partial charge in [-0.3, -0.25) is 4.98 Å². The zero-order chi connectivity index (χ0) is 13.2. The maximum absolute atomic E-state index is 10.3. The Hall–Kier alpha value is -1.78. The fraction of sp³-hybridized carbons (Fsp3) is 0.200. The highest BCUT2D eigenvalue weighted by molar-refractivity contribution is 7.09. The van der Waals surface area contributed by atoms with Crippen LogP contribution in [0.1, 0.15) is 22.4 Å². The van der Waals surface area contributed by atoms with Gasteiger partial charge in [-0.2, -0.15) is 0 Å². The maximum atomic E-state index is 10.3. The van der Waals surface area contributed by atoms with Crippen molar-refractivity contribution in [3.05, 3.63) is 58.2 Å². The second kappa shape index (κ2) is 5.07. The molecule has 0 radical (unpaired) electrons. The van der Waals surface area contributed by atoms with E-state index >= 15 is 0 Å². The molecule has 3 nitrogen and oxygen atoms in total. The molecule has 2 heterocycles. The third kappa shape index (κ3) is 2.50. The maximum Gasteiger partial charge on any atom is 0.101 e. The second-order valence-corrected chi connectivity index (χ2v) is 5.56. The molecule has 3 rings (SSSR count). The van der Waals surface area contributed by atoms with E-state index in [1.807, 2.05) is 42.6 Å². The SMILES string of the molecule is Cc1nc(C(O)Cc2ccnc3ccccc23)cs1. The lowest BCUT2D eigenvalue weighted by Gasteiger charge is -2.10. The van der Waals surface area contributed by atoms with E-state index in [0.29, 0.717) is 6.42 Å². The number of hydrogen-bond donors (Lipinski definition) is 1. The Morgan fingerprint density at radius 1 is 1.26 bits per heavy atom. The summed E-state index contributed by atoms with van der Waals surface area (Å²) in [6, 6.07) is 9.95. The van der Waals surface area contributed by atoms with Gasteiger partial charge in [0, 0.05) is 23.4 Å². The number of rotatable bonds is 3. The van der Waals surface area contributed by atoms with Crippen molar-refractivity contribution in [2.75, 3.05) is 0 Å². The highest BCUT2D eigenvalue weighted by Gasteiger charge is 2.13. The summed E-state index contributed by atoms with van der Waals surface area (Å²) in [5.74, 6) is 0. The fourth-order valence-electron chi connectivity index (χ4n) is 2.18. The smallest absolute Gasteiger partial charge is 0.101 e. The molecule has 1 atom stereocenters. The molecule has 1 unspecified atom stereocenters. The third-order valence-electron chi connectivity index (χ3n) is 3.13. The molecule has 0 saturated heterocycles. The summed E-state index contributed by atoms with van der Waals surface area (Å²) in [5, 5.41) is 14.3. The second-order valence-electron chi connectivity index (χ2n) is 4.50. The number of pyridine rings is 1. The van der Waals surface area contributed by atoms with Gasteiger partial charge < -0.3 is 5.11 Å². The summed E-state index contributed by atoms with van der Waals surface area (Å²) in [7, 11) is 0. The molecule has 0 saturated carbocycles. The molecule has 1 aromatic carbocycles. The van der Waals surface area contributed by atoms with Crippen LogP contribution in [0.5, 0.6) is 0 Å². The van der Waals surface area contributed by atoms with Crippen LogP contribution in [-0.2, 0) is 6.42 Å². The molecule has 0 aliphatic heterocycles. The summed E-state index contributed by atoms with van der Waals surface area (Å²) in [5.41, 5.74) is 2.81. The molecule has 0 fully saturated rings. The average molecular weight is 270 g/mol. The van der Waals surface area contributed by atoms with Crippen molar-refractivity contribution < 1.29 is 5.11 Å². The van der Waals surface area contributed by atoms with Crippen LogP contribution in [0.2, 0.25) is 0 Å². The lowest BCUT2D eigenvalue weighted by atomic mass is 10.0. The fourth-order valence-corrected chi connectivity index (χ4v) is 2.84. The zero-order valence-corrected chi connectivity index (χ0v) is 11.4. The molecular formula is C15H14N2OS. The van der Waals surface area contributed by atoms with E-state index in [9.17, 15) is 5.11 Å². The first-order valence-corrected chi connectivity index (χ1v) is 7.05. The molecule has 0 aliphatic rings. The molecule has 19 heavy (non-hydrogen) atoms. The van der Waals surface area contributed by atoms with Crippen LogP contribution >= 0.6 is 11.3 Å². The summed E-state index contributed by atoms with van der Waals surface area (Å²) in [6.07, 6.45) is 1.79. The molecule has 2 aromatic heterocycles. The molecule has 0 aliphatic carbocycles. The quantitative estimate of drug-likeness (QED) is 0.794. The van der Waals surface area contributed by atoms with Gasteiger partial charge in [-0.25, -0.2) is 4.98 Å². The number of benzene rings is 1. The number of thiazole rings is 1. The van der Waals surface area contributed by atoms with Gasteiger partial charge in [-0.15, -0.1) is 11.3 Å². The number of aryl methyl sites for hydroxylation is 1. The Kier molecular flexibility index (Phi) is 3.27. The number of aliphatic hydroxyl groups excluding tert-OH is 1. The van der Waals surface area contributed by atoms with Gasteiger partial charge in [0.15, 0.2) is 0 Å². The van der Waals surface area contributed by atoms with Crippen molar-refractivity contribution in [1.82, 2.24) is 9.97 Å². The summed E-state index contributed by atoms with van der Waals surface area (Å²) in [6.45, 7) is 1.95. The van der Waals surface area contributed by atoms with Crippen LogP contribution in [0.4, 0.5) is 0 Å². The molecule has 0 spiro atoms. The van der Waals surface area contributed by atoms with Gasteiger partial charge in [-0.1, -0.05) is 18.2 Å². The van der Waals surface area contributed by atoms with E-state index in [1.54, 1.807) is 17.5 Å². The topological polar surface area (TPSA) is 46.0 Å². The van der Waals surface area contributed by atoms with E-state index < -0.39 is 6.10 Å². The molecule has 3 aromatic rings. The Morgan fingerprint density at radius 3 is 2.89 bits per heavy atom. The van der Waals surface area contributed by atoms with Crippen molar-refractivity contribution in [2.45, 2.75) is 19.4 Å². The van der Waals surface area contributed by atoms with Crippen LogP contribution in [0, 0.1) is 6.92 Å². The van der Waals surface area contributed by atoms with Crippen molar-refractivity contribution >= 4 is 22.2 Å². The standard InChI is InChI=1S/C15H14N2OS/c1-10-17-14(9-19-10)15(18)8-11-6-7-16-13-5-3-2-4-12(11)13/h2-7,9,15,18H,8H2,1H3. The van der Waals surface area contributed by atoms with E-state index in [1.165, 1.54) is 0 Å². The van der Waals surface area contributed by atoms with Crippen molar-refractivity contribution in [1.29, 1.82) is 0 Å². The summed E-state index contributed by atoms with van der Waals surface area (Å²) >= 11 is 1.56. The monoisotopic (exact) mass is 270 g/mol. The van der Waals surface area contributed by atoms with Crippen molar-refractivity contribution in [3.8, 4) is 0 Å². The molecular weight excluding hydrogens is 256 g/mol. The van der Waals surface area contributed by atoms with Crippen LogP contribution < -0.4 is 0 Å². The minimum atomic E-state index is -0.559. The summed E-state index contributed by atoms with van der Waals surface area (Å²) < 4.78 is 0. The number of nitrogens with zero attached hydrogens (tertiary/aromatic N) is 2. The molecule has 0 bridgehead atoms. The first-order chi connectivity index (χ1) is 9.24. The first kappa shape index (κ1) is 12.3. The summed E-state index contributed by atoms with van der Waals surface area (Å²) in [4.78, 5) is 8.67. The van der Waals surface area contributed by atoms with Crippen molar-refractivity contribution in [2.24, 2.45) is 0 Å². The predicted molar refractivity (Wildman–Crippen MR) is 77.3 cm³/mol. The van der Waals surface area contributed by atoms with E-state index in [4.69, 9.17) is 0 Å². The van der Waals surface area contributed by atoms with Crippen LogP contribution in [-0.4, -0.2) is 15.1 Å². The third-order valence-corrected chi connectivity index (χ3v) is 3.92. The van der Waals surface area contributed by atoms with E-state index in [-0.39, 0.29) is 0 Å². The van der Waals surface area contributed by atoms with E-state index in [2.05, 4.69) is 9.97 Å². The molecule has 1 N–H and O–H groups in total. The molecule has 0 amide bonds. The minimum absolute atomic E-state index is 0.559. The normalized spacial score (nSPS) is 12.7.